The first-order valence-electron chi connectivity index (χ1n) is 8.82. The van der Waals surface area contributed by atoms with E-state index in [-0.39, 0.29) is 12.5 Å². The molecule has 30 heavy (non-hydrogen) atoms. The summed E-state index contributed by atoms with van der Waals surface area (Å²) in [6.45, 7) is 2.31. The Morgan fingerprint density at radius 3 is 2.57 bits per heavy atom. The molecule has 0 atom stereocenters. The minimum absolute atomic E-state index is 0.257. The van der Waals surface area contributed by atoms with Crippen molar-refractivity contribution in [1.82, 2.24) is 9.97 Å². The van der Waals surface area contributed by atoms with E-state index in [9.17, 15) is 18.0 Å². The largest absolute Gasteiger partial charge is 0.474 e. The number of carbonyl (C=O) groups excluding carboxylic acids is 1. The van der Waals surface area contributed by atoms with Crippen LogP contribution in [0.1, 0.15) is 20.9 Å². The van der Waals surface area contributed by atoms with Gasteiger partial charge in [-0.15, -0.1) is 11.3 Å². The lowest BCUT2D eigenvalue weighted by atomic mass is 10.1. The number of halogens is 3. The van der Waals surface area contributed by atoms with Crippen LogP contribution in [0.15, 0.2) is 42.6 Å². The molecule has 0 aliphatic carbocycles. The average Bonchev–Trinajstić information content (AvgIpc) is 3.11. The summed E-state index contributed by atoms with van der Waals surface area (Å²) in [4.78, 5) is 21.5. The Hall–Kier alpha value is -2.98. The van der Waals surface area contributed by atoms with Crippen LogP contribution in [0.25, 0.3) is 10.6 Å². The summed E-state index contributed by atoms with van der Waals surface area (Å²) in [7, 11) is 1.55. The number of benzene rings is 1. The van der Waals surface area contributed by atoms with E-state index in [4.69, 9.17) is 9.47 Å². The third kappa shape index (κ3) is 5.14. The van der Waals surface area contributed by atoms with Crippen LogP contribution in [0.3, 0.4) is 0 Å². The third-order valence-corrected chi connectivity index (χ3v) is 5.21. The number of alkyl halides is 3. The zero-order valence-corrected chi connectivity index (χ0v) is 16.9. The molecule has 0 saturated heterocycles. The molecule has 0 unspecified atom stereocenters. The van der Waals surface area contributed by atoms with Gasteiger partial charge in [0.15, 0.2) is 0 Å². The summed E-state index contributed by atoms with van der Waals surface area (Å²) in [6, 6.07) is 7.97. The van der Waals surface area contributed by atoms with E-state index in [0.717, 1.165) is 23.5 Å². The minimum Gasteiger partial charge on any atom is -0.474 e. The molecule has 0 saturated carbocycles. The number of rotatable bonds is 7. The van der Waals surface area contributed by atoms with Gasteiger partial charge in [0.1, 0.15) is 22.2 Å². The summed E-state index contributed by atoms with van der Waals surface area (Å²) < 4.78 is 48.7. The molecule has 3 rings (SSSR count). The monoisotopic (exact) mass is 437 g/mol. The van der Waals surface area contributed by atoms with Crippen LogP contribution in [0, 0.1) is 6.92 Å². The highest BCUT2D eigenvalue weighted by Crippen LogP contribution is 2.33. The Bertz CT molecular complexity index is 1020. The predicted molar refractivity (Wildman–Crippen MR) is 107 cm³/mol. The Labute approximate surface area is 174 Å². The van der Waals surface area contributed by atoms with Crippen molar-refractivity contribution < 1.29 is 27.4 Å². The fourth-order valence-corrected chi connectivity index (χ4v) is 3.50. The van der Waals surface area contributed by atoms with Crippen molar-refractivity contribution in [2.24, 2.45) is 0 Å². The summed E-state index contributed by atoms with van der Waals surface area (Å²) in [6.07, 6.45) is -2.87. The van der Waals surface area contributed by atoms with E-state index >= 15 is 0 Å². The fourth-order valence-electron chi connectivity index (χ4n) is 2.53. The highest BCUT2D eigenvalue weighted by molar-refractivity contribution is 7.17. The molecule has 6 nitrogen and oxygen atoms in total. The molecule has 2 aromatic heterocycles. The van der Waals surface area contributed by atoms with Crippen LogP contribution >= 0.6 is 11.3 Å². The van der Waals surface area contributed by atoms with Crippen LogP contribution in [-0.4, -0.2) is 36.2 Å². The number of nitrogens with zero attached hydrogens (tertiary/aromatic N) is 2. The third-order valence-electron chi connectivity index (χ3n) is 4.01. The predicted octanol–water partition coefficient (Wildman–Crippen LogP) is 4.81. The van der Waals surface area contributed by atoms with Gasteiger partial charge in [-0.05, 0) is 31.2 Å². The van der Waals surface area contributed by atoms with Gasteiger partial charge < -0.3 is 14.8 Å². The van der Waals surface area contributed by atoms with E-state index in [1.165, 1.54) is 12.1 Å². The molecule has 0 aliphatic rings. The second-order valence-corrected chi connectivity index (χ2v) is 7.16. The van der Waals surface area contributed by atoms with Crippen molar-refractivity contribution in [2.45, 2.75) is 13.1 Å². The van der Waals surface area contributed by atoms with Crippen LogP contribution in [0.2, 0.25) is 0 Å². The number of hydrogen-bond donors (Lipinski definition) is 1. The Morgan fingerprint density at radius 2 is 1.90 bits per heavy atom. The second kappa shape index (κ2) is 9.23. The first kappa shape index (κ1) is 21.7. The summed E-state index contributed by atoms with van der Waals surface area (Å²) >= 11 is 1.10. The number of amides is 1. The maximum atomic E-state index is 12.7. The highest BCUT2D eigenvalue weighted by atomic mass is 32.1. The van der Waals surface area contributed by atoms with Gasteiger partial charge in [-0.3, -0.25) is 4.79 Å². The molecule has 10 heteroatoms. The van der Waals surface area contributed by atoms with Gasteiger partial charge >= 0.3 is 6.18 Å². The molecule has 1 aromatic carbocycles. The van der Waals surface area contributed by atoms with Crippen molar-refractivity contribution in [3.8, 4) is 16.5 Å². The number of pyridine rings is 1. The first-order valence-corrected chi connectivity index (χ1v) is 9.64. The number of ether oxygens (including phenoxy) is 2. The SMILES string of the molecule is COCCOc1ncccc1NC(=O)c1sc(-c2ccc(C(F)(F)F)cc2)nc1C. The number of thiazole rings is 1. The van der Waals surface area contributed by atoms with Crippen molar-refractivity contribution in [3.05, 3.63) is 58.7 Å². The van der Waals surface area contributed by atoms with Crippen molar-refractivity contribution >= 4 is 22.9 Å². The summed E-state index contributed by atoms with van der Waals surface area (Å²) in [5, 5.41) is 3.20. The quantitative estimate of drug-likeness (QED) is 0.537. The molecule has 1 N–H and O–H groups in total. The number of methoxy groups -OCH3 is 1. The molecule has 1 amide bonds. The highest BCUT2D eigenvalue weighted by Gasteiger charge is 2.30. The summed E-state index contributed by atoms with van der Waals surface area (Å²) in [5.41, 5.74) is 0.621. The lowest BCUT2D eigenvalue weighted by molar-refractivity contribution is -0.137. The average molecular weight is 437 g/mol. The van der Waals surface area contributed by atoms with E-state index < -0.39 is 17.6 Å². The fraction of sp³-hybridized carbons (Fsp3) is 0.250. The number of aryl methyl sites for hydroxylation is 1. The Balaban J connectivity index is 1.78. The van der Waals surface area contributed by atoms with Gasteiger partial charge in [-0.1, -0.05) is 12.1 Å². The Kier molecular flexibility index (Phi) is 6.68. The van der Waals surface area contributed by atoms with Crippen molar-refractivity contribution in [2.75, 3.05) is 25.6 Å². The smallest absolute Gasteiger partial charge is 0.416 e. The lowest BCUT2D eigenvalue weighted by Gasteiger charge is -2.10. The van der Waals surface area contributed by atoms with Gasteiger partial charge in [0, 0.05) is 18.9 Å². The molecule has 2 heterocycles. The van der Waals surface area contributed by atoms with E-state index in [2.05, 4.69) is 15.3 Å². The van der Waals surface area contributed by atoms with Gasteiger partial charge in [0.2, 0.25) is 5.88 Å². The minimum atomic E-state index is -4.41. The van der Waals surface area contributed by atoms with Crippen LogP contribution < -0.4 is 10.1 Å². The number of hydrogen-bond acceptors (Lipinski definition) is 6. The van der Waals surface area contributed by atoms with E-state index in [0.29, 0.717) is 33.4 Å². The number of carbonyl (C=O) groups is 1. The molecule has 0 fully saturated rings. The Morgan fingerprint density at radius 1 is 1.17 bits per heavy atom. The van der Waals surface area contributed by atoms with E-state index in [1.54, 1.807) is 32.4 Å². The zero-order valence-electron chi connectivity index (χ0n) is 16.1. The van der Waals surface area contributed by atoms with Crippen LogP contribution in [0.4, 0.5) is 18.9 Å². The lowest BCUT2D eigenvalue weighted by Crippen LogP contribution is -2.14. The number of aromatic nitrogens is 2. The molecule has 0 spiro atoms. The molecule has 3 aromatic rings. The maximum absolute atomic E-state index is 12.7. The molecule has 158 valence electrons. The maximum Gasteiger partial charge on any atom is 0.416 e. The molecular weight excluding hydrogens is 419 g/mol. The van der Waals surface area contributed by atoms with Gasteiger partial charge in [0.05, 0.1) is 17.9 Å². The van der Waals surface area contributed by atoms with Crippen molar-refractivity contribution in [3.63, 3.8) is 0 Å². The van der Waals surface area contributed by atoms with Crippen LogP contribution in [-0.2, 0) is 10.9 Å². The molecule has 0 radical (unpaired) electrons. The second-order valence-electron chi connectivity index (χ2n) is 6.16. The number of nitrogens with one attached hydrogen (secondary N) is 1. The summed E-state index contributed by atoms with van der Waals surface area (Å²) in [5.74, 6) is -0.152. The van der Waals surface area contributed by atoms with E-state index in [1.807, 2.05) is 0 Å². The standard InChI is InChI=1S/C20H18F3N3O3S/c1-12-16(17(27)26-15-4-3-9-24-18(15)29-11-10-28-2)30-19(25-12)13-5-7-14(8-6-13)20(21,22)23/h3-9H,10-11H2,1-2H3,(H,26,27). The van der Waals surface area contributed by atoms with Gasteiger partial charge in [0.25, 0.3) is 5.91 Å². The van der Waals surface area contributed by atoms with Gasteiger partial charge in [-0.2, -0.15) is 13.2 Å². The normalized spacial score (nSPS) is 11.4. The molecule has 0 aliphatic heterocycles. The topological polar surface area (TPSA) is 73.3 Å². The first-order chi connectivity index (χ1) is 14.3. The van der Waals surface area contributed by atoms with Crippen molar-refractivity contribution in [1.29, 1.82) is 0 Å². The van der Waals surface area contributed by atoms with Gasteiger partial charge in [-0.25, -0.2) is 9.97 Å². The number of anilines is 1. The molecule has 0 bridgehead atoms. The van der Waals surface area contributed by atoms with Crippen LogP contribution in [0.5, 0.6) is 5.88 Å². The zero-order chi connectivity index (χ0) is 21.7. The molecular formula is C20H18F3N3O3S.